The molecule has 0 atom stereocenters. The van der Waals surface area contributed by atoms with Crippen molar-refractivity contribution in [2.45, 2.75) is 19.3 Å². The third-order valence-electron chi connectivity index (χ3n) is 1.35. The first kappa shape index (κ1) is 12.2. The predicted octanol–water partition coefficient (Wildman–Crippen LogP) is -0.548. The monoisotopic (exact) mass is 209 g/mol. The molecule has 0 aromatic rings. The third-order valence-corrected chi connectivity index (χ3v) is 2.08. The van der Waals surface area contributed by atoms with Crippen LogP contribution in [0.1, 0.15) is 19.3 Å². The highest BCUT2D eigenvalue weighted by molar-refractivity contribution is 7.88. The number of sulfonamides is 1. The highest BCUT2D eigenvalue weighted by Crippen LogP contribution is 1.93. The molecule has 0 saturated carbocycles. The van der Waals surface area contributed by atoms with Crippen LogP contribution in [0.5, 0.6) is 0 Å². The summed E-state index contributed by atoms with van der Waals surface area (Å²) in [5, 5.41) is 11.0. The molecular weight excluding hydrogens is 194 g/mol. The van der Waals surface area contributed by atoms with Crippen molar-refractivity contribution in [3.05, 3.63) is 0 Å². The van der Waals surface area contributed by atoms with Crippen LogP contribution in [0, 0.1) is 0 Å². The van der Waals surface area contributed by atoms with Gasteiger partial charge in [0, 0.05) is 13.0 Å². The predicted molar refractivity (Wildman–Crippen MR) is 50.1 cm³/mol. The molecule has 0 radical (unpaired) electrons. The van der Waals surface area contributed by atoms with E-state index in [0.29, 0.717) is 25.8 Å². The normalized spacial score (nSPS) is 13.2. The molecule has 0 saturated heterocycles. The molecule has 0 heterocycles. The summed E-state index contributed by atoms with van der Waals surface area (Å²) < 4.78 is 23.5. The van der Waals surface area contributed by atoms with Crippen molar-refractivity contribution in [3.8, 4) is 0 Å². The minimum Gasteiger partial charge on any atom is -0.409 e. The second-order valence-electron chi connectivity index (χ2n) is 2.71. The second kappa shape index (κ2) is 5.76. The van der Waals surface area contributed by atoms with Crippen LogP contribution in [0.15, 0.2) is 5.16 Å². The first-order chi connectivity index (χ1) is 5.95. The fraction of sp³-hybridized carbons (Fsp3) is 0.833. The molecule has 0 unspecified atom stereocenters. The average Bonchev–Trinajstić information content (AvgIpc) is 2.01. The molecule has 78 valence electrons. The van der Waals surface area contributed by atoms with Crippen LogP contribution in [0.4, 0.5) is 0 Å². The van der Waals surface area contributed by atoms with Crippen LogP contribution in [0.2, 0.25) is 0 Å². The van der Waals surface area contributed by atoms with E-state index in [1.807, 2.05) is 0 Å². The topological polar surface area (TPSA) is 105 Å². The number of nitrogens with one attached hydrogen (secondary N) is 1. The van der Waals surface area contributed by atoms with Crippen molar-refractivity contribution < 1.29 is 13.6 Å². The maximum atomic E-state index is 10.6. The molecule has 0 aliphatic heterocycles. The van der Waals surface area contributed by atoms with Crippen molar-refractivity contribution in [2.75, 3.05) is 12.8 Å². The number of rotatable bonds is 6. The van der Waals surface area contributed by atoms with Gasteiger partial charge in [-0.1, -0.05) is 5.16 Å². The molecule has 4 N–H and O–H groups in total. The minimum absolute atomic E-state index is 0.166. The van der Waals surface area contributed by atoms with E-state index >= 15 is 0 Å². The van der Waals surface area contributed by atoms with Gasteiger partial charge in [-0.05, 0) is 12.8 Å². The minimum atomic E-state index is -3.09. The number of oxime groups is 1. The summed E-state index contributed by atoms with van der Waals surface area (Å²) in [6.45, 7) is 0.386. The lowest BCUT2D eigenvalue weighted by atomic mass is 10.2. The van der Waals surface area contributed by atoms with Gasteiger partial charge in [-0.3, -0.25) is 0 Å². The van der Waals surface area contributed by atoms with E-state index in [-0.39, 0.29) is 5.84 Å². The average molecular weight is 209 g/mol. The lowest BCUT2D eigenvalue weighted by Gasteiger charge is -2.01. The summed E-state index contributed by atoms with van der Waals surface area (Å²) in [5.41, 5.74) is 5.20. The van der Waals surface area contributed by atoms with Crippen LogP contribution in [0.25, 0.3) is 0 Å². The first-order valence-corrected chi connectivity index (χ1v) is 5.76. The van der Waals surface area contributed by atoms with Crippen LogP contribution in [0.3, 0.4) is 0 Å². The number of unbranched alkanes of at least 4 members (excludes halogenated alkanes) is 1. The SMILES string of the molecule is CS(=O)(=O)NCCCCC(N)=NO. The molecule has 0 amide bonds. The number of hydrogen-bond acceptors (Lipinski definition) is 4. The summed E-state index contributed by atoms with van der Waals surface area (Å²) >= 11 is 0. The third kappa shape index (κ3) is 9.09. The number of nitrogens with two attached hydrogens (primary N) is 1. The van der Waals surface area contributed by atoms with Gasteiger partial charge in [0.15, 0.2) is 0 Å². The van der Waals surface area contributed by atoms with E-state index in [4.69, 9.17) is 10.9 Å². The molecule has 0 aromatic heterocycles. The Bertz CT molecular complexity index is 260. The highest BCUT2D eigenvalue weighted by atomic mass is 32.2. The van der Waals surface area contributed by atoms with Crippen molar-refractivity contribution in [1.29, 1.82) is 0 Å². The molecule has 13 heavy (non-hydrogen) atoms. The molecule has 6 nitrogen and oxygen atoms in total. The lowest BCUT2D eigenvalue weighted by Crippen LogP contribution is -2.23. The summed E-state index contributed by atoms with van der Waals surface area (Å²) in [5.74, 6) is 0.166. The second-order valence-corrected chi connectivity index (χ2v) is 4.55. The Morgan fingerprint density at radius 1 is 1.54 bits per heavy atom. The van der Waals surface area contributed by atoms with E-state index < -0.39 is 10.0 Å². The number of amidine groups is 1. The van der Waals surface area contributed by atoms with E-state index in [1.54, 1.807) is 0 Å². The molecule has 0 rings (SSSR count). The van der Waals surface area contributed by atoms with E-state index in [1.165, 1.54) is 0 Å². The highest BCUT2D eigenvalue weighted by Gasteiger charge is 1.99. The lowest BCUT2D eigenvalue weighted by molar-refractivity contribution is 0.316. The smallest absolute Gasteiger partial charge is 0.208 e. The van der Waals surface area contributed by atoms with Crippen LogP contribution in [-0.2, 0) is 10.0 Å². The van der Waals surface area contributed by atoms with Gasteiger partial charge in [-0.15, -0.1) is 0 Å². The van der Waals surface area contributed by atoms with Crippen LogP contribution < -0.4 is 10.5 Å². The van der Waals surface area contributed by atoms with Gasteiger partial charge in [0.25, 0.3) is 0 Å². The van der Waals surface area contributed by atoms with Gasteiger partial charge < -0.3 is 10.9 Å². The standard InChI is InChI=1S/C6H15N3O3S/c1-13(11,12)8-5-3-2-4-6(7)9-10/h8,10H,2-5H2,1H3,(H2,7,9). The summed E-state index contributed by atoms with van der Waals surface area (Å²) in [6.07, 6.45) is 2.94. The van der Waals surface area contributed by atoms with Gasteiger partial charge in [-0.2, -0.15) is 0 Å². The Balaban J connectivity index is 3.38. The zero-order valence-corrected chi connectivity index (χ0v) is 8.34. The van der Waals surface area contributed by atoms with Crippen LogP contribution >= 0.6 is 0 Å². The Morgan fingerprint density at radius 2 is 2.15 bits per heavy atom. The Kier molecular flexibility index (Phi) is 5.40. The van der Waals surface area contributed by atoms with E-state index in [9.17, 15) is 8.42 Å². The van der Waals surface area contributed by atoms with E-state index in [0.717, 1.165) is 6.26 Å². The summed E-state index contributed by atoms with van der Waals surface area (Å²) in [6, 6.07) is 0. The van der Waals surface area contributed by atoms with Crippen LogP contribution in [-0.4, -0.2) is 32.3 Å². The molecule has 0 aromatic carbocycles. The number of hydrogen-bond donors (Lipinski definition) is 3. The molecular formula is C6H15N3O3S. The quantitative estimate of drug-likeness (QED) is 0.179. The van der Waals surface area contributed by atoms with Gasteiger partial charge in [0.05, 0.1) is 6.26 Å². The van der Waals surface area contributed by atoms with Gasteiger partial charge in [0.1, 0.15) is 5.84 Å². The zero-order chi connectivity index (χ0) is 10.3. The Hall–Kier alpha value is -0.820. The fourth-order valence-electron chi connectivity index (χ4n) is 0.739. The molecule has 0 aliphatic rings. The molecule has 0 fully saturated rings. The fourth-order valence-corrected chi connectivity index (χ4v) is 1.25. The molecule has 0 aliphatic carbocycles. The van der Waals surface area contributed by atoms with Gasteiger partial charge >= 0.3 is 0 Å². The molecule has 0 bridgehead atoms. The maximum absolute atomic E-state index is 10.6. The largest absolute Gasteiger partial charge is 0.409 e. The Labute approximate surface area is 77.9 Å². The first-order valence-electron chi connectivity index (χ1n) is 3.87. The zero-order valence-electron chi connectivity index (χ0n) is 7.52. The van der Waals surface area contributed by atoms with Gasteiger partial charge in [0.2, 0.25) is 10.0 Å². The Morgan fingerprint density at radius 3 is 2.62 bits per heavy atom. The molecule has 0 spiro atoms. The van der Waals surface area contributed by atoms with E-state index in [2.05, 4.69) is 9.88 Å². The van der Waals surface area contributed by atoms with Crippen molar-refractivity contribution in [2.24, 2.45) is 10.9 Å². The summed E-state index contributed by atoms with van der Waals surface area (Å²) in [4.78, 5) is 0. The van der Waals surface area contributed by atoms with Crippen molar-refractivity contribution in [3.63, 3.8) is 0 Å². The number of nitrogens with zero attached hydrogens (tertiary/aromatic N) is 1. The van der Waals surface area contributed by atoms with Gasteiger partial charge in [-0.25, -0.2) is 13.1 Å². The molecule has 7 heteroatoms. The summed E-state index contributed by atoms with van der Waals surface area (Å²) in [7, 11) is -3.09. The van der Waals surface area contributed by atoms with Crippen molar-refractivity contribution in [1.82, 2.24) is 4.72 Å². The van der Waals surface area contributed by atoms with Crippen molar-refractivity contribution >= 4 is 15.9 Å². The maximum Gasteiger partial charge on any atom is 0.208 e.